The summed E-state index contributed by atoms with van der Waals surface area (Å²) in [5.41, 5.74) is 5.16. The first-order valence-electron chi connectivity index (χ1n) is 8.25. The summed E-state index contributed by atoms with van der Waals surface area (Å²) < 4.78 is 37.7. The second-order valence-electron chi connectivity index (χ2n) is 6.69. The van der Waals surface area contributed by atoms with Crippen molar-refractivity contribution in [2.24, 2.45) is 17.6 Å². The zero-order valence-corrected chi connectivity index (χ0v) is 15.5. The summed E-state index contributed by atoms with van der Waals surface area (Å²) in [7, 11) is 0. The van der Waals surface area contributed by atoms with Gasteiger partial charge in [-0.25, -0.2) is 4.98 Å². The van der Waals surface area contributed by atoms with Crippen molar-refractivity contribution in [2.75, 3.05) is 25.0 Å². The maximum atomic E-state index is 12.6. The summed E-state index contributed by atoms with van der Waals surface area (Å²) in [6, 6.07) is 0.998. The number of anilines is 1. The minimum absolute atomic E-state index is 0. The molecule has 5 nitrogen and oxygen atoms in total. The summed E-state index contributed by atoms with van der Waals surface area (Å²) in [4.78, 5) is 17.8. The zero-order chi connectivity index (χ0) is 18.2. The number of carbonyl (C=O) groups is 1. The van der Waals surface area contributed by atoms with Gasteiger partial charge in [0.05, 0.1) is 10.6 Å². The number of aromatic nitrogens is 1. The van der Waals surface area contributed by atoms with E-state index in [1.165, 1.54) is 0 Å². The molecule has 2 heterocycles. The predicted octanol–water partition coefficient (Wildman–Crippen LogP) is 3.17. The average molecular weight is 413 g/mol. The molecular weight excluding hydrogens is 392 g/mol. The Morgan fingerprint density at radius 1 is 1.38 bits per heavy atom. The smallest absolute Gasteiger partial charge is 0.368 e. The Morgan fingerprint density at radius 2 is 2.12 bits per heavy atom. The van der Waals surface area contributed by atoms with Gasteiger partial charge in [0, 0.05) is 38.3 Å². The molecule has 2 fully saturated rings. The molecule has 1 amide bonds. The molecule has 0 aromatic carbocycles. The van der Waals surface area contributed by atoms with Crippen LogP contribution in [0, 0.1) is 11.8 Å². The van der Waals surface area contributed by atoms with Crippen molar-refractivity contribution in [3.63, 3.8) is 0 Å². The summed E-state index contributed by atoms with van der Waals surface area (Å²) in [6.45, 7) is 1.70. The van der Waals surface area contributed by atoms with E-state index >= 15 is 0 Å². The van der Waals surface area contributed by atoms with Crippen LogP contribution in [0.2, 0.25) is 5.02 Å². The van der Waals surface area contributed by atoms with Crippen LogP contribution in [-0.2, 0) is 11.0 Å². The van der Waals surface area contributed by atoms with Gasteiger partial charge >= 0.3 is 6.18 Å². The highest BCUT2D eigenvalue weighted by Crippen LogP contribution is 2.37. The van der Waals surface area contributed by atoms with Gasteiger partial charge < -0.3 is 16.0 Å². The Hall–Kier alpha value is -1.25. The van der Waals surface area contributed by atoms with Crippen LogP contribution in [0.15, 0.2) is 12.3 Å². The number of hydrogen-bond acceptors (Lipinski definition) is 4. The molecule has 1 aliphatic heterocycles. The van der Waals surface area contributed by atoms with E-state index in [9.17, 15) is 18.0 Å². The number of nitrogens with one attached hydrogen (secondary N) is 1. The minimum atomic E-state index is -4.49. The minimum Gasteiger partial charge on any atom is -0.368 e. The van der Waals surface area contributed by atoms with E-state index in [1.807, 2.05) is 4.90 Å². The maximum Gasteiger partial charge on any atom is 0.417 e. The van der Waals surface area contributed by atoms with Crippen molar-refractivity contribution in [3.05, 3.63) is 22.8 Å². The van der Waals surface area contributed by atoms with Gasteiger partial charge in [-0.05, 0) is 30.7 Å². The summed E-state index contributed by atoms with van der Waals surface area (Å²) in [6.07, 6.45) is -1.44. The van der Waals surface area contributed by atoms with Crippen molar-refractivity contribution in [1.29, 1.82) is 0 Å². The molecule has 1 aromatic heterocycles. The molecule has 1 saturated carbocycles. The van der Waals surface area contributed by atoms with Crippen molar-refractivity contribution in [2.45, 2.75) is 31.5 Å². The molecule has 146 valence electrons. The highest BCUT2D eigenvalue weighted by atomic mass is 35.5. The van der Waals surface area contributed by atoms with E-state index in [0.717, 1.165) is 31.6 Å². The van der Waals surface area contributed by atoms with E-state index in [4.69, 9.17) is 17.3 Å². The van der Waals surface area contributed by atoms with Crippen LogP contribution in [0.4, 0.5) is 19.0 Å². The van der Waals surface area contributed by atoms with E-state index in [-0.39, 0.29) is 48.2 Å². The summed E-state index contributed by atoms with van der Waals surface area (Å²) in [5, 5.41) is 2.70. The highest BCUT2D eigenvalue weighted by Gasteiger charge is 2.42. The SMILES string of the molecule is Cl.NC1CCC2CN(C(=O)CCNc3ncc(C(F)(F)F)cc3Cl)CC12. The van der Waals surface area contributed by atoms with Crippen molar-refractivity contribution in [3.8, 4) is 0 Å². The van der Waals surface area contributed by atoms with Crippen LogP contribution in [0.1, 0.15) is 24.8 Å². The van der Waals surface area contributed by atoms with E-state index in [1.54, 1.807) is 0 Å². The van der Waals surface area contributed by atoms with Gasteiger partial charge in [0.15, 0.2) is 0 Å². The standard InChI is InChI=1S/C16H20ClF3N4O.ClH/c17-12-5-10(16(18,19)20)6-23-15(12)22-4-3-14(25)24-7-9-1-2-13(21)11(9)8-24;/h5-6,9,11,13H,1-4,7-8,21H2,(H,22,23);1H. The molecule has 3 N–H and O–H groups in total. The second kappa shape index (κ2) is 8.19. The van der Waals surface area contributed by atoms with Gasteiger partial charge in [-0.3, -0.25) is 4.79 Å². The van der Waals surface area contributed by atoms with Gasteiger partial charge in [0.1, 0.15) is 5.82 Å². The summed E-state index contributed by atoms with van der Waals surface area (Å²) >= 11 is 5.82. The van der Waals surface area contributed by atoms with Crippen molar-refractivity contribution < 1.29 is 18.0 Å². The molecule has 10 heteroatoms. The average Bonchev–Trinajstić information content (AvgIpc) is 3.10. The third-order valence-electron chi connectivity index (χ3n) is 5.06. The zero-order valence-electron chi connectivity index (χ0n) is 13.9. The van der Waals surface area contributed by atoms with Gasteiger partial charge in [-0.2, -0.15) is 13.2 Å². The van der Waals surface area contributed by atoms with Crippen LogP contribution in [0.5, 0.6) is 0 Å². The number of pyridine rings is 1. The lowest BCUT2D eigenvalue weighted by Crippen LogP contribution is -2.34. The molecule has 1 saturated heterocycles. The molecular formula is C16H21Cl2F3N4O. The van der Waals surface area contributed by atoms with Crippen LogP contribution in [0.3, 0.4) is 0 Å². The Kier molecular flexibility index (Phi) is 6.63. The topological polar surface area (TPSA) is 71.2 Å². The molecule has 0 spiro atoms. The second-order valence-corrected chi connectivity index (χ2v) is 7.10. The third-order valence-corrected chi connectivity index (χ3v) is 5.35. The van der Waals surface area contributed by atoms with Crippen molar-refractivity contribution in [1.82, 2.24) is 9.88 Å². The fraction of sp³-hybridized carbons (Fsp3) is 0.625. The quantitative estimate of drug-likeness (QED) is 0.796. The number of rotatable bonds is 4. The molecule has 2 aliphatic rings. The first-order valence-corrected chi connectivity index (χ1v) is 8.63. The number of nitrogens with zero attached hydrogens (tertiary/aromatic N) is 2. The van der Waals surface area contributed by atoms with E-state index in [0.29, 0.717) is 18.4 Å². The predicted molar refractivity (Wildman–Crippen MR) is 95.4 cm³/mol. The molecule has 1 aliphatic carbocycles. The lowest BCUT2D eigenvalue weighted by Gasteiger charge is -2.19. The Labute approximate surface area is 160 Å². The monoisotopic (exact) mass is 412 g/mol. The molecule has 1 aromatic rings. The number of amides is 1. The first-order chi connectivity index (χ1) is 11.8. The molecule has 0 bridgehead atoms. The van der Waals surface area contributed by atoms with E-state index < -0.39 is 11.7 Å². The lowest BCUT2D eigenvalue weighted by atomic mass is 9.98. The van der Waals surface area contributed by atoms with Crippen LogP contribution < -0.4 is 11.1 Å². The number of nitrogens with two attached hydrogens (primary N) is 1. The fourth-order valence-electron chi connectivity index (χ4n) is 3.68. The summed E-state index contributed by atoms with van der Waals surface area (Å²) in [5.74, 6) is 1.04. The van der Waals surface area contributed by atoms with Crippen LogP contribution >= 0.6 is 24.0 Å². The van der Waals surface area contributed by atoms with Crippen LogP contribution in [-0.4, -0.2) is 41.5 Å². The van der Waals surface area contributed by atoms with Gasteiger partial charge in [-0.15, -0.1) is 12.4 Å². The van der Waals surface area contributed by atoms with E-state index in [2.05, 4.69) is 10.3 Å². The number of likely N-dealkylation sites (tertiary alicyclic amines) is 1. The number of alkyl halides is 3. The van der Waals surface area contributed by atoms with Crippen molar-refractivity contribution >= 4 is 35.7 Å². The lowest BCUT2D eigenvalue weighted by molar-refractivity contribution is -0.137. The Bertz CT molecular complexity index is 659. The molecule has 3 rings (SSSR count). The largest absolute Gasteiger partial charge is 0.417 e. The Balaban J connectivity index is 0.00000243. The molecule has 3 unspecified atom stereocenters. The van der Waals surface area contributed by atoms with Gasteiger partial charge in [-0.1, -0.05) is 11.6 Å². The fourth-order valence-corrected chi connectivity index (χ4v) is 3.91. The molecule has 0 radical (unpaired) electrons. The normalized spacial score (nSPS) is 25.0. The molecule has 3 atom stereocenters. The van der Waals surface area contributed by atoms with Gasteiger partial charge in [0.2, 0.25) is 5.91 Å². The highest BCUT2D eigenvalue weighted by molar-refractivity contribution is 6.32. The van der Waals surface area contributed by atoms with Crippen LogP contribution in [0.25, 0.3) is 0 Å². The number of carbonyl (C=O) groups excluding carboxylic acids is 1. The first kappa shape index (κ1) is 21.1. The third kappa shape index (κ3) is 4.53. The maximum absolute atomic E-state index is 12.6. The van der Waals surface area contributed by atoms with Gasteiger partial charge in [0.25, 0.3) is 0 Å². The number of fused-ring (bicyclic) bond motifs is 1. The Morgan fingerprint density at radius 3 is 2.73 bits per heavy atom. The number of halogens is 5. The molecule has 26 heavy (non-hydrogen) atoms. The number of hydrogen-bond donors (Lipinski definition) is 2.